The van der Waals surface area contributed by atoms with Crippen molar-refractivity contribution >= 4 is 5.97 Å². The maximum atomic E-state index is 13.7. The summed E-state index contributed by atoms with van der Waals surface area (Å²) in [5.74, 6) is 0.534. The number of hydrogen-bond acceptors (Lipinski definition) is 8. The summed E-state index contributed by atoms with van der Waals surface area (Å²) in [6, 6.07) is 9.42. The average Bonchev–Trinajstić information content (AvgIpc) is 3.20. The van der Waals surface area contributed by atoms with Crippen LogP contribution in [-0.2, 0) is 22.6 Å². The normalized spacial score (nSPS) is 10.5. The number of rotatable bonds is 8. The van der Waals surface area contributed by atoms with E-state index in [9.17, 15) is 9.18 Å². The number of benzene rings is 2. The third kappa shape index (κ3) is 4.81. The van der Waals surface area contributed by atoms with Crippen molar-refractivity contribution in [2.45, 2.75) is 13.0 Å². The Kier molecular flexibility index (Phi) is 6.28. The number of hydrogen-bond donors (Lipinski definition) is 0. The molecule has 0 radical (unpaired) electrons. The van der Waals surface area contributed by atoms with Gasteiger partial charge in [-0.2, -0.15) is 4.98 Å². The lowest BCUT2D eigenvalue weighted by Gasteiger charge is -2.07. The molecule has 0 amide bonds. The minimum atomic E-state index is -0.559. The highest BCUT2D eigenvalue weighted by atomic mass is 19.1. The molecule has 0 N–H and O–H groups in total. The number of esters is 1. The van der Waals surface area contributed by atoms with E-state index in [4.69, 9.17) is 23.5 Å². The Hall–Kier alpha value is -3.62. The lowest BCUT2D eigenvalue weighted by molar-refractivity contribution is -0.144. The van der Waals surface area contributed by atoms with E-state index in [1.165, 1.54) is 26.4 Å². The van der Waals surface area contributed by atoms with Crippen molar-refractivity contribution in [3.8, 4) is 28.6 Å². The maximum absolute atomic E-state index is 13.7. The molecule has 29 heavy (non-hydrogen) atoms. The molecule has 0 saturated heterocycles. The van der Waals surface area contributed by atoms with Crippen LogP contribution >= 0.6 is 0 Å². The first-order valence-corrected chi connectivity index (χ1v) is 8.57. The fourth-order valence-corrected chi connectivity index (χ4v) is 2.59. The molecular weight excluding hydrogens is 383 g/mol. The third-order valence-electron chi connectivity index (χ3n) is 4.04. The van der Waals surface area contributed by atoms with E-state index in [1.54, 1.807) is 31.4 Å². The number of ether oxygens (including phenoxy) is 4. The van der Waals surface area contributed by atoms with Crippen LogP contribution in [0.2, 0.25) is 0 Å². The van der Waals surface area contributed by atoms with E-state index in [-0.39, 0.29) is 30.5 Å². The maximum Gasteiger partial charge on any atom is 0.310 e. The van der Waals surface area contributed by atoms with Gasteiger partial charge in [-0.25, -0.2) is 4.39 Å². The summed E-state index contributed by atoms with van der Waals surface area (Å²) in [6.45, 7) is -0.205. The number of halogens is 1. The van der Waals surface area contributed by atoms with Gasteiger partial charge in [-0.05, 0) is 29.8 Å². The molecule has 0 bridgehead atoms. The van der Waals surface area contributed by atoms with Gasteiger partial charge in [0.15, 0.2) is 18.2 Å². The van der Waals surface area contributed by atoms with Crippen LogP contribution in [0.5, 0.6) is 17.2 Å². The summed E-state index contributed by atoms with van der Waals surface area (Å²) in [5.41, 5.74) is 1.06. The Bertz CT molecular complexity index is 1000. The molecule has 1 heterocycles. The molecule has 0 unspecified atom stereocenters. The second-order valence-electron chi connectivity index (χ2n) is 5.88. The molecule has 0 fully saturated rings. The quantitative estimate of drug-likeness (QED) is 0.531. The summed E-state index contributed by atoms with van der Waals surface area (Å²) in [5, 5.41) is 3.88. The molecule has 0 spiro atoms. The van der Waals surface area contributed by atoms with Crippen LogP contribution in [0.25, 0.3) is 11.4 Å². The Morgan fingerprint density at radius 2 is 1.83 bits per heavy atom. The summed E-state index contributed by atoms with van der Waals surface area (Å²) >= 11 is 0. The Labute approximate surface area is 166 Å². The van der Waals surface area contributed by atoms with Crippen molar-refractivity contribution in [2.75, 3.05) is 21.3 Å². The lowest BCUT2D eigenvalue weighted by Crippen LogP contribution is -2.08. The van der Waals surface area contributed by atoms with Gasteiger partial charge < -0.3 is 23.5 Å². The van der Waals surface area contributed by atoms with Gasteiger partial charge in [0.1, 0.15) is 11.5 Å². The lowest BCUT2D eigenvalue weighted by atomic mass is 10.1. The van der Waals surface area contributed by atoms with Crippen LogP contribution in [0.4, 0.5) is 4.39 Å². The topological polar surface area (TPSA) is 92.9 Å². The zero-order valence-corrected chi connectivity index (χ0v) is 16.1. The Morgan fingerprint density at radius 1 is 1.03 bits per heavy atom. The highest BCUT2D eigenvalue weighted by Gasteiger charge is 2.16. The second kappa shape index (κ2) is 9.05. The minimum Gasteiger partial charge on any atom is -0.497 e. The van der Waals surface area contributed by atoms with Crippen LogP contribution in [0, 0.1) is 5.82 Å². The molecule has 2 aromatic carbocycles. The number of carbonyl (C=O) groups excluding carboxylic acids is 1. The fourth-order valence-electron chi connectivity index (χ4n) is 2.59. The van der Waals surface area contributed by atoms with Gasteiger partial charge >= 0.3 is 5.97 Å². The monoisotopic (exact) mass is 402 g/mol. The average molecular weight is 402 g/mol. The van der Waals surface area contributed by atoms with E-state index < -0.39 is 11.8 Å². The first kappa shape index (κ1) is 20.1. The number of aromatic nitrogens is 2. The van der Waals surface area contributed by atoms with E-state index in [0.29, 0.717) is 22.6 Å². The highest BCUT2D eigenvalue weighted by molar-refractivity contribution is 5.72. The largest absolute Gasteiger partial charge is 0.497 e. The molecule has 152 valence electrons. The molecule has 9 heteroatoms. The Balaban J connectivity index is 1.62. The molecule has 1 aromatic heterocycles. The fraction of sp³-hybridized carbons (Fsp3) is 0.250. The van der Waals surface area contributed by atoms with Crippen molar-refractivity contribution in [1.29, 1.82) is 0 Å². The van der Waals surface area contributed by atoms with E-state index in [2.05, 4.69) is 10.1 Å². The molecule has 0 saturated carbocycles. The number of nitrogens with zero attached hydrogens (tertiary/aromatic N) is 2. The van der Waals surface area contributed by atoms with Gasteiger partial charge in [-0.1, -0.05) is 11.2 Å². The van der Waals surface area contributed by atoms with Crippen LogP contribution in [0.15, 0.2) is 40.9 Å². The summed E-state index contributed by atoms with van der Waals surface area (Å²) in [4.78, 5) is 16.2. The van der Waals surface area contributed by atoms with Crippen LogP contribution in [0.1, 0.15) is 11.5 Å². The van der Waals surface area contributed by atoms with Crippen molar-refractivity contribution in [1.82, 2.24) is 10.1 Å². The molecule has 3 aromatic rings. The van der Waals surface area contributed by atoms with Crippen LogP contribution in [0.3, 0.4) is 0 Å². The van der Waals surface area contributed by atoms with Gasteiger partial charge in [-0.15, -0.1) is 0 Å². The van der Waals surface area contributed by atoms with Crippen LogP contribution in [-0.4, -0.2) is 37.4 Å². The zero-order valence-electron chi connectivity index (χ0n) is 16.1. The highest BCUT2D eigenvalue weighted by Crippen LogP contribution is 2.31. The first-order chi connectivity index (χ1) is 14.0. The first-order valence-electron chi connectivity index (χ1n) is 8.57. The third-order valence-corrected chi connectivity index (χ3v) is 4.04. The standard InChI is InChI=1S/C20H19FN2O6/c1-25-13-5-6-14(17(10-13)27-3)20-22-18(29-23-20)11-28-19(24)9-12-4-7-16(26-2)15(21)8-12/h4-8,10H,9,11H2,1-3H3. The van der Waals surface area contributed by atoms with Gasteiger partial charge in [0.2, 0.25) is 5.82 Å². The molecule has 3 rings (SSSR count). The second-order valence-corrected chi connectivity index (χ2v) is 5.88. The predicted molar refractivity (Wildman–Crippen MR) is 99.3 cm³/mol. The van der Waals surface area contributed by atoms with E-state index >= 15 is 0 Å². The van der Waals surface area contributed by atoms with Gasteiger partial charge in [-0.3, -0.25) is 4.79 Å². The van der Waals surface area contributed by atoms with Crippen LogP contribution < -0.4 is 14.2 Å². The molecule has 0 atom stereocenters. The zero-order chi connectivity index (χ0) is 20.8. The Morgan fingerprint density at radius 3 is 2.52 bits per heavy atom. The van der Waals surface area contributed by atoms with Gasteiger partial charge in [0.25, 0.3) is 5.89 Å². The van der Waals surface area contributed by atoms with E-state index in [0.717, 1.165) is 0 Å². The summed E-state index contributed by atoms with van der Waals surface area (Å²) in [6.07, 6.45) is -0.103. The van der Waals surface area contributed by atoms with Gasteiger partial charge in [0, 0.05) is 6.07 Å². The molecule has 8 nitrogen and oxygen atoms in total. The van der Waals surface area contributed by atoms with Crippen molar-refractivity contribution in [2.24, 2.45) is 0 Å². The van der Waals surface area contributed by atoms with Crippen molar-refractivity contribution in [3.63, 3.8) is 0 Å². The number of methoxy groups -OCH3 is 3. The molecular formula is C20H19FN2O6. The molecule has 0 aliphatic heterocycles. The number of carbonyl (C=O) groups is 1. The summed E-state index contributed by atoms with van der Waals surface area (Å²) < 4.78 is 39.3. The van der Waals surface area contributed by atoms with E-state index in [1.807, 2.05) is 0 Å². The van der Waals surface area contributed by atoms with Crippen molar-refractivity contribution in [3.05, 3.63) is 53.7 Å². The van der Waals surface area contributed by atoms with Crippen molar-refractivity contribution < 1.29 is 32.7 Å². The smallest absolute Gasteiger partial charge is 0.310 e. The van der Waals surface area contributed by atoms with Gasteiger partial charge in [0.05, 0.1) is 33.3 Å². The predicted octanol–water partition coefficient (Wildman–Crippen LogP) is 3.19. The summed E-state index contributed by atoms with van der Waals surface area (Å²) in [7, 11) is 4.44. The SMILES string of the molecule is COc1ccc(-c2noc(COC(=O)Cc3ccc(OC)c(F)c3)n2)c(OC)c1. The molecule has 0 aliphatic carbocycles. The minimum absolute atomic E-state index is 0.103. The molecule has 0 aliphatic rings.